The van der Waals surface area contributed by atoms with Crippen LogP contribution in [0.2, 0.25) is 0 Å². The molecule has 1 amide bonds. The van der Waals surface area contributed by atoms with Crippen LogP contribution in [0.25, 0.3) is 22.3 Å². The SMILES string of the molecule is CN(c1nc2cc(NC(=O)c3cc(-c4ccccc4)no3)ccc2[nH]1)C1CCNCC1. The molecule has 0 spiro atoms. The molecule has 1 fully saturated rings. The van der Waals surface area contributed by atoms with E-state index in [9.17, 15) is 4.79 Å². The van der Waals surface area contributed by atoms with Gasteiger partial charge in [-0.1, -0.05) is 35.5 Å². The highest BCUT2D eigenvalue weighted by Crippen LogP contribution is 2.24. The molecule has 0 saturated carbocycles. The number of H-pyrrole nitrogens is 1. The van der Waals surface area contributed by atoms with Gasteiger partial charge in [-0.3, -0.25) is 4.79 Å². The molecular weight excluding hydrogens is 392 g/mol. The summed E-state index contributed by atoms with van der Waals surface area (Å²) in [7, 11) is 2.07. The van der Waals surface area contributed by atoms with Crippen molar-refractivity contribution in [1.82, 2.24) is 20.4 Å². The topological polar surface area (TPSA) is 99.1 Å². The van der Waals surface area contributed by atoms with Gasteiger partial charge >= 0.3 is 0 Å². The van der Waals surface area contributed by atoms with Crippen LogP contribution >= 0.6 is 0 Å². The lowest BCUT2D eigenvalue weighted by Crippen LogP contribution is -2.41. The maximum absolute atomic E-state index is 12.6. The minimum absolute atomic E-state index is 0.160. The zero-order valence-electron chi connectivity index (χ0n) is 17.3. The van der Waals surface area contributed by atoms with Crippen LogP contribution in [0.15, 0.2) is 59.1 Å². The first kappa shape index (κ1) is 19.3. The molecule has 3 N–H and O–H groups in total. The zero-order valence-corrected chi connectivity index (χ0v) is 17.3. The van der Waals surface area contributed by atoms with Crippen molar-refractivity contribution in [2.45, 2.75) is 18.9 Å². The smallest absolute Gasteiger partial charge is 0.294 e. The Morgan fingerprint density at radius 2 is 1.94 bits per heavy atom. The number of carbonyl (C=O) groups is 1. The number of benzene rings is 2. The molecule has 8 nitrogen and oxygen atoms in total. The van der Waals surface area contributed by atoms with Crippen LogP contribution in [-0.4, -0.2) is 47.2 Å². The van der Waals surface area contributed by atoms with Crippen molar-refractivity contribution in [2.24, 2.45) is 0 Å². The zero-order chi connectivity index (χ0) is 21.2. The number of aromatic nitrogens is 3. The van der Waals surface area contributed by atoms with Crippen LogP contribution in [0.3, 0.4) is 0 Å². The Morgan fingerprint density at radius 1 is 1.13 bits per heavy atom. The third kappa shape index (κ3) is 4.02. The Hall–Kier alpha value is -3.65. The first-order valence-corrected chi connectivity index (χ1v) is 10.4. The van der Waals surface area contributed by atoms with Gasteiger partial charge in [-0.25, -0.2) is 4.98 Å². The number of aromatic amines is 1. The van der Waals surface area contributed by atoms with E-state index < -0.39 is 0 Å². The van der Waals surface area contributed by atoms with Gasteiger partial charge in [0.25, 0.3) is 5.91 Å². The highest BCUT2D eigenvalue weighted by atomic mass is 16.5. The fourth-order valence-corrected chi connectivity index (χ4v) is 3.92. The Kier molecular flexibility index (Phi) is 5.13. The van der Waals surface area contributed by atoms with E-state index in [0.29, 0.717) is 17.4 Å². The van der Waals surface area contributed by atoms with Gasteiger partial charge in [0.05, 0.1) is 11.0 Å². The lowest BCUT2D eigenvalue weighted by molar-refractivity contribution is 0.0988. The maximum atomic E-state index is 12.6. The first-order chi connectivity index (χ1) is 15.2. The minimum Gasteiger partial charge on any atom is -0.350 e. The fourth-order valence-electron chi connectivity index (χ4n) is 3.92. The Balaban J connectivity index is 1.31. The predicted molar refractivity (Wildman–Crippen MR) is 120 cm³/mol. The average molecular weight is 416 g/mol. The second-order valence-electron chi connectivity index (χ2n) is 7.78. The Labute approximate surface area is 179 Å². The van der Waals surface area contributed by atoms with E-state index in [-0.39, 0.29) is 11.7 Å². The third-order valence-electron chi connectivity index (χ3n) is 5.72. The van der Waals surface area contributed by atoms with Gasteiger partial charge in [-0.15, -0.1) is 0 Å². The van der Waals surface area contributed by atoms with Gasteiger partial charge in [0.1, 0.15) is 5.69 Å². The molecule has 5 rings (SSSR count). The fraction of sp³-hybridized carbons (Fsp3) is 0.261. The summed E-state index contributed by atoms with van der Waals surface area (Å²) in [6.07, 6.45) is 2.19. The second-order valence-corrected chi connectivity index (χ2v) is 7.78. The van der Waals surface area contributed by atoms with Crippen molar-refractivity contribution in [3.05, 3.63) is 60.4 Å². The van der Waals surface area contributed by atoms with E-state index in [1.54, 1.807) is 6.07 Å². The van der Waals surface area contributed by atoms with Crippen LogP contribution in [0, 0.1) is 0 Å². The van der Waals surface area contributed by atoms with Gasteiger partial charge in [0, 0.05) is 30.4 Å². The second kappa shape index (κ2) is 8.23. The van der Waals surface area contributed by atoms with E-state index in [0.717, 1.165) is 48.5 Å². The number of anilines is 2. The third-order valence-corrected chi connectivity index (χ3v) is 5.72. The Bertz CT molecular complexity index is 1190. The predicted octanol–water partition coefficient (Wildman–Crippen LogP) is 3.66. The van der Waals surface area contributed by atoms with Crippen LogP contribution in [0.4, 0.5) is 11.6 Å². The summed E-state index contributed by atoms with van der Waals surface area (Å²) in [6, 6.07) is 17.3. The molecule has 0 unspecified atom stereocenters. The van der Waals surface area contributed by atoms with Gasteiger partial charge in [-0.05, 0) is 44.1 Å². The number of rotatable bonds is 5. The van der Waals surface area contributed by atoms with Crippen molar-refractivity contribution in [2.75, 3.05) is 30.4 Å². The number of hydrogen-bond donors (Lipinski definition) is 3. The highest BCUT2D eigenvalue weighted by molar-refractivity contribution is 6.03. The van der Waals surface area contributed by atoms with Gasteiger partial charge < -0.3 is 25.0 Å². The molecule has 0 atom stereocenters. The molecule has 1 aliphatic rings. The number of nitrogens with one attached hydrogen (secondary N) is 3. The summed E-state index contributed by atoms with van der Waals surface area (Å²) < 4.78 is 5.25. The highest BCUT2D eigenvalue weighted by Gasteiger charge is 2.20. The van der Waals surface area contributed by atoms with E-state index >= 15 is 0 Å². The molecule has 8 heteroatoms. The number of nitrogens with zero attached hydrogens (tertiary/aromatic N) is 3. The lowest BCUT2D eigenvalue weighted by atomic mass is 10.1. The van der Waals surface area contributed by atoms with Crippen molar-refractivity contribution >= 4 is 28.6 Å². The van der Waals surface area contributed by atoms with E-state index in [1.165, 1.54) is 0 Å². The normalized spacial score (nSPS) is 14.6. The van der Waals surface area contributed by atoms with Gasteiger partial charge in [-0.2, -0.15) is 0 Å². The molecule has 1 saturated heterocycles. The number of fused-ring (bicyclic) bond motifs is 1. The number of imidazole rings is 1. The maximum Gasteiger partial charge on any atom is 0.294 e. The molecule has 1 aliphatic heterocycles. The summed E-state index contributed by atoms with van der Waals surface area (Å²) in [5, 5.41) is 10.3. The van der Waals surface area contributed by atoms with Crippen LogP contribution in [0.5, 0.6) is 0 Å². The number of carbonyl (C=O) groups excluding carboxylic acids is 1. The molecule has 2 aromatic heterocycles. The van der Waals surface area contributed by atoms with Crippen LogP contribution in [-0.2, 0) is 0 Å². The number of hydrogen-bond acceptors (Lipinski definition) is 6. The molecule has 0 aliphatic carbocycles. The molecule has 4 aromatic rings. The molecule has 0 bridgehead atoms. The van der Waals surface area contributed by atoms with E-state index in [4.69, 9.17) is 9.51 Å². The summed E-state index contributed by atoms with van der Waals surface area (Å²) >= 11 is 0. The summed E-state index contributed by atoms with van der Waals surface area (Å²) in [5.74, 6) is 0.650. The summed E-state index contributed by atoms with van der Waals surface area (Å²) in [5.41, 5.74) is 3.90. The molecule has 3 heterocycles. The molecule has 0 radical (unpaired) electrons. The van der Waals surface area contributed by atoms with E-state index in [2.05, 4.69) is 32.7 Å². The van der Waals surface area contributed by atoms with Crippen molar-refractivity contribution < 1.29 is 9.32 Å². The molecular formula is C23H24N6O2. The van der Waals surface area contributed by atoms with Crippen molar-refractivity contribution in [3.63, 3.8) is 0 Å². The largest absolute Gasteiger partial charge is 0.350 e. The molecule has 31 heavy (non-hydrogen) atoms. The average Bonchev–Trinajstić information content (AvgIpc) is 3.47. The van der Waals surface area contributed by atoms with Crippen LogP contribution < -0.4 is 15.5 Å². The molecule has 2 aromatic carbocycles. The standard InChI is InChI=1S/C23H24N6O2/c1-29(17-9-11-24-12-10-17)23-26-18-8-7-16(13-20(18)27-23)25-22(30)21-14-19(28-31-21)15-5-3-2-4-6-15/h2-8,13-14,17,24H,9-12H2,1H3,(H,25,30)(H,26,27). The Morgan fingerprint density at radius 3 is 2.74 bits per heavy atom. The first-order valence-electron chi connectivity index (χ1n) is 10.4. The number of amides is 1. The monoisotopic (exact) mass is 416 g/mol. The summed E-state index contributed by atoms with van der Waals surface area (Å²) in [6.45, 7) is 2.05. The quantitative estimate of drug-likeness (QED) is 0.459. The van der Waals surface area contributed by atoms with Gasteiger partial charge in [0.2, 0.25) is 11.7 Å². The van der Waals surface area contributed by atoms with Crippen molar-refractivity contribution in [1.29, 1.82) is 0 Å². The summed E-state index contributed by atoms with van der Waals surface area (Å²) in [4.78, 5) is 22.9. The minimum atomic E-state index is -0.350. The van der Waals surface area contributed by atoms with Gasteiger partial charge in [0.15, 0.2) is 0 Å². The number of piperidine rings is 1. The van der Waals surface area contributed by atoms with Crippen molar-refractivity contribution in [3.8, 4) is 11.3 Å². The molecule has 158 valence electrons. The lowest BCUT2D eigenvalue weighted by Gasteiger charge is -2.31. The van der Waals surface area contributed by atoms with E-state index in [1.807, 2.05) is 48.5 Å². The van der Waals surface area contributed by atoms with Crippen LogP contribution in [0.1, 0.15) is 23.4 Å².